The number of carbonyl (C=O) groups excluding carboxylic acids is 2. The van der Waals surface area contributed by atoms with Gasteiger partial charge in [0.25, 0.3) is 0 Å². The molecule has 1 aromatic heterocycles. The molecule has 0 aromatic carbocycles. The number of likely N-dealkylation sites (tertiary alicyclic amines) is 1. The number of halogens is 4. The number of oxime groups is 1. The van der Waals surface area contributed by atoms with Crippen LogP contribution in [0, 0.1) is 29.6 Å². The lowest BCUT2D eigenvalue weighted by Crippen LogP contribution is -2.42. The quantitative estimate of drug-likeness (QED) is 0.627. The van der Waals surface area contributed by atoms with Crippen molar-refractivity contribution >= 4 is 40.9 Å². The summed E-state index contributed by atoms with van der Waals surface area (Å²) in [5, 5.41) is 15.5. The van der Waals surface area contributed by atoms with E-state index in [4.69, 9.17) is 16.4 Å². The standard InChI is InChI=1S/C19H16ClF3N4O5/c20-9-3-6(19(21,22)23)5-25-15(9)24-1-2-27-16(28)10-7-4-8(11(10)17(27)29)14-12(7)13(18(30)31)26-32-14/h3,5,7-8,10-12,14H,1-2,4H2,(H,24,25)(H,30,31)/t7-,8-,10-,11-,12-,14-/m0/s1. The zero-order valence-electron chi connectivity index (χ0n) is 16.2. The van der Waals surface area contributed by atoms with Crippen LogP contribution in [0.15, 0.2) is 17.4 Å². The van der Waals surface area contributed by atoms with Crippen molar-refractivity contribution < 1.29 is 37.5 Å². The van der Waals surface area contributed by atoms with Gasteiger partial charge in [0, 0.05) is 25.2 Å². The number of nitrogens with zero attached hydrogens (tertiary/aromatic N) is 3. The monoisotopic (exact) mass is 472 g/mol. The van der Waals surface area contributed by atoms with Crippen molar-refractivity contribution in [2.45, 2.75) is 18.7 Å². The lowest BCUT2D eigenvalue weighted by molar-refractivity contribution is -0.141. The Morgan fingerprint density at radius 3 is 2.56 bits per heavy atom. The molecule has 13 heteroatoms. The Hall–Kier alpha value is -2.89. The van der Waals surface area contributed by atoms with Crippen LogP contribution >= 0.6 is 11.6 Å². The molecule has 0 spiro atoms. The van der Waals surface area contributed by atoms with Crippen molar-refractivity contribution in [3.05, 3.63) is 22.8 Å². The fraction of sp³-hybridized carbons (Fsp3) is 0.526. The van der Waals surface area contributed by atoms with Crippen LogP contribution in [0.3, 0.4) is 0 Å². The van der Waals surface area contributed by atoms with Crippen LogP contribution in [0.5, 0.6) is 0 Å². The van der Waals surface area contributed by atoms with Gasteiger partial charge >= 0.3 is 12.1 Å². The van der Waals surface area contributed by atoms with Crippen LogP contribution in [0.4, 0.5) is 19.0 Å². The fourth-order valence-electron chi connectivity index (χ4n) is 5.59. The highest BCUT2D eigenvalue weighted by molar-refractivity contribution is 6.37. The SMILES string of the molecule is O=C(O)C1=NO[C@H]2[C@H]3C[C@H]([C@@H]12)[C@@H]1C(=O)N(CCNc2ncc(C(F)(F)F)cc2Cl)C(=O)[C@@H]31. The van der Waals surface area contributed by atoms with E-state index in [1.54, 1.807) is 0 Å². The Kier molecular flexibility index (Phi) is 4.63. The van der Waals surface area contributed by atoms with Crippen molar-refractivity contribution in [3.63, 3.8) is 0 Å². The number of fused-ring (bicyclic) bond motifs is 8. The summed E-state index contributed by atoms with van der Waals surface area (Å²) in [6.07, 6.45) is -3.92. The Morgan fingerprint density at radius 1 is 1.25 bits per heavy atom. The average Bonchev–Trinajstić information content (AvgIpc) is 3.44. The van der Waals surface area contributed by atoms with E-state index in [0.717, 1.165) is 11.0 Å². The Labute approximate surface area is 183 Å². The Balaban J connectivity index is 1.26. The highest BCUT2D eigenvalue weighted by Gasteiger charge is 2.70. The van der Waals surface area contributed by atoms with Crippen LogP contribution in [-0.2, 0) is 25.4 Å². The first-order valence-corrected chi connectivity index (χ1v) is 10.3. The van der Waals surface area contributed by atoms with Gasteiger partial charge in [-0.1, -0.05) is 16.8 Å². The number of aliphatic carboxylic acids is 1. The summed E-state index contributed by atoms with van der Waals surface area (Å²) in [5.74, 6) is -4.24. The smallest absolute Gasteiger partial charge is 0.417 e. The van der Waals surface area contributed by atoms with Crippen molar-refractivity contribution in [1.82, 2.24) is 9.88 Å². The normalized spacial score (nSPS) is 32.6. The third-order valence-electron chi connectivity index (χ3n) is 6.80. The fourth-order valence-corrected chi connectivity index (χ4v) is 5.83. The molecule has 2 amide bonds. The molecule has 3 heterocycles. The molecule has 5 rings (SSSR count). The number of rotatable bonds is 5. The minimum Gasteiger partial charge on any atom is -0.477 e. The van der Waals surface area contributed by atoms with E-state index in [1.165, 1.54) is 0 Å². The summed E-state index contributed by atoms with van der Waals surface area (Å²) in [6, 6.07) is 0.742. The maximum Gasteiger partial charge on any atom is 0.417 e. The molecule has 4 aliphatic rings. The first-order chi connectivity index (χ1) is 15.1. The Morgan fingerprint density at radius 2 is 1.94 bits per heavy atom. The summed E-state index contributed by atoms with van der Waals surface area (Å²) in [4.78, 5) is 47.5. The predicted octanol–water partition coefficient (Wildman–Crippen LogP) is 1.87. The highest BCUT2D eigenvalue weighted by Crippen LogP contribution is 2.61. The van der Waals surface area contributed by atoms with Crippen LogP contribution in [0.2, 0.25) is 5.02 Å². The topological polar surface area (TPSA) is 121 Å². The summed E-state index contributed by atoms with van der Waals surface area (Å²) >= 11 is 5.86. The first kappa shape index (κ1) is 21.0. The van der Waals surface area contributed by atoms with E-state index in [0.29, 0.717) is 12.6 Å². The minimum absolute atomic E-state index is 0.00395. The van der Waals surface area contributed by atoms with E-state index in [2.05, 4.69) is 15.5 Å². The van der Waals surface area contributed by atoms with Gasteiger partial charge in [0.05, 0.1) is 28.3 Å². The molecular formula is C19H16ClF3N4O5. The number of pyridine rings is 1. The number of alkyl halides is 3. The van der Waals surface area contributed by atoms with Gasteiger partial charge in [0.15, 0.2) is 5.71 Å². The summed E-state index contributed by atoms with van der Waals surface area (Å²) in [6.45, 7) is 0.00867. The van der Waals surface area contributed by atoms with Crippen LogP contribution in [0.1, 0.15) is 12.0 Å². The van der Waals surface area contributed by atoms with Crippen molar-refractivity contribution in [3.8, 4) is 0 Å². The molecule has 9 nitrogen and oxygen atoms in total. The maximum atomic E-state index is 13.0. The number of imide groups is 1. The molecule has 170 valence electrons. The Bertz CT molecular complexity index is 1060. The summed E-state index contributed by atoms with van der Waals surface area (Å²) < 4.78 is 38.2. The number of aromatic nitrogens is 1. The summed E-state index contributed by atoms with van der Waals surface area (Å²) in [5.41, 5.74) is -1.09. The molecule has 0 radical (unpaired) electrons. The molecule has 3 fully saturated rings. The lowest BCUT2D eigenvalue weighted by atomic mass is 9.72. The number of carboxylic acids is 1. The number of carbonyl (C=O) groups is 3. The van der Waals surface area contributed by atoms with Gasteiger partial charge in [0.1, 0.15) is 11.9 Å². The highest BCUT2D eigenvalue weighted by atomic mass is 35.5. The van der Waals surface area contributed by atoms with E-state index in [1.807, 2.05) is 0 Å². The summed E-state index contributed by atoms with van der Waals surface area (Å²) in [7, 11) is 0. The molecule has 0 unspecified atom stereocenters. The number of nitrogens with one attached hydrogen (secondary N) is 1. The molecule has 2 aliphatic heterocycles. The first-order valence-electron chi connectivity index (χ1n) is 9.88. The zero-order valence-corrected chi connectivity index (χ0v) is 16.9. The van der Waals surface area contributed by atoms with Gasteiger partial charge in [-0.2, -0.15) is 13.2 Å². The van der Waals surface area contributed by atoms with Gasteiger partial charge in [-0.15, -0.1) is 0 Å². The third kappa shape index (κ3) is 2.95. The molecule has 1 aromatic rings. The number of anilines is 1. The van der Waals surface area contributed by atoms with Gasteiger partial charge in [-0.25, -0.2) is 9.78 Å². The van der Waals surface area contributed by atoms with E-state index in [-0.39, 0.29) is 53.3 Å². The van der Waals surface area contributed by atoms with Gasteiger partial charge in [0.2, 0.25) is 11.8 Å². The molecule has 2 aliphatic carbocycles. The molecule has 2 N–H and O–H groups in total. The molecule has 32 heavy (non-hydrogen) atoms. The zero-order chi connectivity index (χ0) is 22.9. The van der Waals surface area contributed by atoms with E-state index < -0.39 is 41.6 Å². The molecule has 2 saturated carbocycles. The van der Waals surface area contributed by atoms with Crippen molar-refractivity contribution in [2.75, 3.05) is 18.4 Å². The molecular weight excluding hydrogens is 457 g/mol. The van der Waals surface area contributed by atoms with Crippen molar-refractivity contribution in [2.24, 2.45) is 34.7 Å². The number of carboxylic acid groups (broad SMARTS) is 1. The van der Waals surface area contributed by atoms with Crippen LogP contribution in [0.25, 0.3) is 0 Å². The lowest BCUT2D eigenvalue weighted by Gasteiger charge is -2.29. The van der Waals surface area contributed by atoms with E-state index >= 15 is 0 Å². The number of hydrogen-bond acceptors (Lipinski definition) is 7. The van der Waals surface area contributed by atoms with Crippen molar-refractivity contribution in [1.29, 1.82) is 0 Å². The number of hydrogen-bond donors (Lipinski definition) is 2. The second-order valence-electron chi connectivity index (χ2n) is 8.30. The van der Waals surface area contributed by atoms with E-state index in [9.17, 15) is 32.7 Å². The minimum atomic E-state index is -4.58. The van der Waals surface area contributed by atoms with Gasteiger partial charge in [-0.05, 0) is 18.4 Å². The maximum absolute atomic E-state index is 13.0. The molecule has 1 saturated heterocycles. The average molecular weight is 473 g/mol. The van der Waals surface area contributed by atoms with Crippen LogP contribution < -0.4 is 5.32 Å². The largest absolute Gasteiger partial charge is 0.477 e. The third-order valence-corrected chi connectivity index (χ3v) is 7.09. The van der Waals surface area contributed by atoms with Crippen LogP contribution in [-0.4, -0.2) is 57.7 Å². The molecule has 6 atom stereocenters. The predicted molar refractivity (Wildman–Crippen MR) is 101 cm³/mol. The number of amides is 2. The van der Waals surface area contributed by atoms with Gasteiger partial charge < -0.3 is 15.3 Å². The van der Waals surface area contributed by atoms with Gasteiger partial charge in [-0.3, -0.25) is 14.5 Å². The second kappa shape index (κ2) is 7.06. The second-order valence-corrected chi connectivity index (χ2v) is 8.71. The molecule has 2 bridgehead atoms.